The van der Waals surface area contributed by atoms with Gasteiger partial charge >= 0.3 is 0 Å². The molecule has 0 aliphatic rings. The highest BCUT2D eigenvalue weighted by Gasteiger charge is 2.24. The van der Waals surface area contributed by atoms with Gasteiger partial charge in [-0.25, -0.2) is 9.97 Å². The summed E-state index contributed by atoms with van der Waals surface area (Å²) in [6.07, 6.45) is 0. The molecular formula is C11H19N3O. The van der Waals surface area contributed by atoms with Crippen molar-refractivity contribution in [1.29, 1.82) is 0 Å². The number of nitrogens with zero attached hydrogens (tertiary/aromatic N) is 2. The van der Waals surface area contributed by atoms with E-state index in [1.807, 2.05) is 40.8 Å². The van der Waals surface area contributed by atoms with Crippen molar-refractivity contribution in [2.75, 3.05) is 19.0 Å². The number of hydrogen-bond acceptors (Lipinski definition) is 4. The maximum atomic E-state index is 5.62. The smallest absolute Gasteiger partial charge is 0.162 e. The van der Waals surface area contributed by atoms with Crippen molar-refractivity contribution < 1.29 is 4.74 Å². The highest BCUT2D eigenvalue weighted by atomic mass is 16.5. The van der Waals surface area contributed by atoms with Crippen LogP contribution in [-0.4, -0.2) is 23.6 Å². The van der Waals surface area contributed by atoms with Gasteiger partial charge in [-0.05, 0) is 27.7 Å². The second-order valence-electron chi connectivity index (χ2n) is 3.91. The van der Waals surface area contributed by atoms with Crippen LogP contribution >= 0.6 is 0 Å². The average Bonchev–Trinajstić information content (AvgIpc) is 2.16. The zero-order valence-electron chi connectivity index (χ0n) is 10.1. The molecule has 1 aromatic rings. The normalized spacial score (nSPS) is 11.5. The molecule has 0 radical (unpaired) electrons. The second kappa shape index (κ2) is 4.57. The summed E-state index contributed by atoms with van der Waals surface area (Å²) in [4.78, 5) is 8.79. The number of rotatable bonds is 4. The minimum absolute atomic E-state index is 0.438. The molecule has 0 fully saturated rings. The van der Waals surface area contributed by atoms with Gasteiger partial charge in [0.1, 0.15) is 11.4 Å². The number of hydrogen-bond donors (Lipinski definition) is 1. The van der Waals surface area contributed by atoms with Crippen molar-refractivity contribution in [3.05, 3.63) is 17.6 Å². The lowest BCUT2D eigenvalue weighted by Crippen LogP contribution is -2.25. The van der Waals surface area contributed by atoms with Crippen molar-refractivity contribution in [3.8, 4) is 0 Å². The molecule has 0 saturated carbocycles. The second-order valence-corrected chi connectivity index (χ2v) is 3.91. The highest BCUT2D eigenvalue weighted by Crippen LogP contribution is 2.22. The molecule has 0 spiro atoms. The van der Waals surface area contributed by atoms with Crippen LogP contribution in [0.2, 0.25) is 0 Å². The molecule has 84 valence electrons. The van der Waals surface area contributed by atoms with Crippen molar-refractivity contribution in [1.82, 2.24) is 9.97 Å². The first-order valence-electron chi connectivity index (χ1n) is 5.17. The van der Waals surface area contributed by atoms with Crippen LogP contribution < -0.4 is 5.32 Å². The Labute approximate surface area is 91.1 Å². The zero-order chi connectivity index (χ0) is 11.5. The monoisotopic (exact) mass is 209 g/mol. The molecule has 1 rings (SSSR count). The van der Waals surface area contributed by atoms with Gasteiger partial charge in [0, 0.05) is 25.4 Å². The molecule has 0 bridgehead atoms. The van der Waals surface area contributed by atoms with Crippen LogP contribution in [0.25, 0.3) is 0 Å². The maximum absolute atomic E-state index is 5.62. The maximum Gasteiger partial charge on any atom is 0.162 e. The molecule has 0 atom stereocenters. The predicted octanol–water partition coefficient (Wildman–Crippen LogP) is 2.10. The largest absolute Gasteiger partial charge is 0.373 e. The molecule has 1 N–H and O–H groups in total. The van der Waals surface area contributed by atoms with Crippen LogP contribution in [0.1, 0.15) is 32.3 Å². The van der Waals surface area contributed by atoms with E-state index in [4.69, 9.17) is 4.74 Å². The third-order valence-corrected chi connectivity index (χ3v) is 2.15. The summed E-state index contributed by atoms with van der Waals surface area (Å²) < 4.78 is 5.62. The summed E-state index contributed by atoms with van der Waals surface area (Å²) in [6, 6.07) is 1.91. The molecule has 0 aromatic carbocycles. The van der Waals surface area contributed by atoms with E-state index in [0.29, 0.717) is 12.4 Å². The fourth-order valence-corrected chi connectivity index (χ4v) is 1.39. The predicted molar refractivity (Wildman–Crippen MR) is 61.0 cm³/mol. The van der Waals surface area contributed by atoms with Crippen LogP contribution in [0.5, 0.6) is 0 Å². The van der Waals surface area contributed by atoms with E-state index in [2.05, 4.69) is 15.3 Å². The van der Waals surface area contributed by atoms with Crippen molar-refractivity contribution in [2.45, 2.75) is 33.3 Å². The van der Waals surface area contributed by atoms with Crippen molar-refractivity contribution >= 4 is 5.82 Å². The van der Waals surface area contributed by atoms with Gasteiger partial charge in [0.25, 0.3) is 0 Å². The Balaban J connectivity index is 3.07. The van der Waals surface area contributed by atoms with E-state index in [0.717, 1.165) is 11.5 Å². The Bertz CT molecular complexity index is 337. The Hall–Kier alpha value is -1.16. The van der Waals surface area contributed by atoms with Gasteiger partial charge in [0.15, 0.2) is 5.82 Å². The number of anilines is 1. The van der Waals surface area contributed by atoms with Gasteiger partial charge in [-0.15, -0.1) is 0 Å². The minimum Gasteiger partial charge on any atom is -0.373 e. The quantitative estimate of drug-likeness (QED) is 0.825. The Morgan fingerprint density at radius 3 is 2.60 bits per heavy atom. The molecule has 0 saturated heterocycles. The molecule has 4 heteroatoms. The first-order valence-corrected chi connectivity index (χ1v) is 5.17. The Kier molecular flexibility index (Phi) is 3.63. The van der Waals surface area contributed by atoms with Gasteiger partial charge < -0.3 is 10.1 Å². The van der Waals surface area contributed by atoms with Crippen LogP contribution in [0.4, 0.5) is 5.82 Å². The Morgan fingerprint density at radius 2 is 2.07 bits per heavy atom. The first kappa shape index (κ1) is 11.9. The van der Waals surface area contributed by atoms with Crippen molar-refractivity contribution in [3.63, 3.8) is 0 Å². The van der Waals surface area contributed by atoms with Crippen LogP contribution in [0.3, 0.4) is 0 Å². The third-order valence-electron chi connectivity index (χ3n) is 2.15. The zero-order valence-corrected chi connectivity index (χ0v) is 10.1. The molecule has 15 heavy (non-hydrogen) atoms. The summed E-state index contributed by atoms with van der Waals surface area (Å²) in [6.45, 7) is 8.53. The number of nitrogens with one attached hydrogen (secondary N) is 1. The van der Waals surface area contributed by atoms with E-state index in [9.17, 15) is 0 Å². The van der Waals surface area contributed by atoms with Gasteiger partial charge in [-0.3, -0.25) is 0 Å². The van der Waals surface area contributed by atoms with E-state index in [-0.39, 0.29) is 0 Å². The summed E-state index contributed by atoms with van der Waals surface area (Å²) in [5.74, 6) is 1.54. The molecule has 0 aliphatic carbocycles. The van der Waals surface area contributed by atoms with E-state index in [1.54, 1.807) is 0 Å². The summed E-state index contributed by atoms with van der Waals surface area (Å²) in [5, 5.41) is 3.02. The van der Waals surface area contributed by atoms with Crippen LogP contribution in [-0.2, 0) is 10.3 Å². The molecule has 0 aliphatic heterocycles. The standard InChI is InChI=1S/C11H19N3O/c1-6-15-11(3,4)10-13-8(2)7-9(12-5)14-10/h7H,6H2,1-5H3,(H,12,13,14). The number of aromatic nitrogens is 2. The first-order chi connectivity index (χ1) is 6.99. The highest BCUT2D eigenvalue weighted by molar-refractivity contribution is 5.35. The number of ether oxygens (including phenoxy) is 1. The lowest BCUT2D eigenvalue weighted by molar-refractivity contribution is -0.0208. The van der Waals surface area contributed by atoms with E-state index in [1.165, 1.54) is 0 Å². The van der Waals surface area contributed by atoms with Gasteiger partial charge in [-0.1, -0.05) is 0 Å². The molecule has 1 aromatic heterocycles. The molecule has 1 heterocycles. The third kappa shape index (κ3) is 2.89. The van der Waals surface area contributed by atoms with Crippen LogP contribution in [0, 0.1) is 6.92 Å². The van der Waals surface area contributed by atoms with E-state index >= 15 is 0 Å². The fraction of sp³-hybridized carbons (Fsp3) is 0.636. The Morgan fingerprint density at radius 1 is 1.40 bits per heavy atom. The van der Waals surface area contributed by atoms with Gasteiger partial charge in [0.05, 0.1) is 0 Å². The lowest BCUT2D eigenvalue weighted by Gasteiger charge is -2.23. The summed E-state index contributed by atoms with van der Waals surface area (Å²) in [7, 11) is 1.85. The molecule has 0 amide bonds. The fourth-order valence-electron chi connectivity index (χ4n) is 1.39. The average molecular weight is 209 g/mol. The van der Waals surface area contributed by atoms with Gasteiger partial charge in [-0.2, -0.15) is 0 Å². The van der Waals surface area contributed by atoms with Crippen LogP contribution in [0.15, 0.2) is 6.07 Å². The molecular weight excluding hydrogens is 190 g/mol. The molecule has 0 unspecified atom stereocenters. The number of aryl methyl sites for hydroxylation is 1. The summed E-state index contributed by atoms with van der Waals surface area (Å²) in [5.41, 5.74) is 0.504. The van der Waals surface area contributed by atoms with E-state index < -0.39 is 5.60 Å². The summed E-state index contributed by atoms with van der Waals surface area (Å²) >= 11 is 0. The minimum atomic E-state index is -0.438. The van der Waals surface area contributed by atoms with Crippen molar-refractivity contribution in [2.24, 2.45) is 0 Å². The molecule has 4 nitrogen and oxygen atoms in total. The lowest BCUT2D eigenvalue weighted by atomic mass is 10.1. The SMILES string of the molecule is CCOC(C)(C)c1nc(C)cc(NC)n1. The van der Waals surface area contributed by atoms with Gasteiger partial charge in [0.2, 0.25) is 0 Å². The topological polar surface area (TPSA) is 47.0 Å².